The standard InChI is InChI=1S/C21H29ClN2O2/c1-26-20-5-4-19(22)12-18(20)14-23-6-8-24(9-7-23)21(25)13-17-11-15-2-3-16(17)10-15/h4-5,12,15-17H,2-3,6-11,13-14H2,1H3. The second kappa shape index (κ2) is 7.77. The molecule has 5 heteroatoms. The minimum Gasteiger partial charge on any atom is -0.496 e. The Kier molecular flexibility index (Phi) is 5.42. The molecule has 0 spiro atoms. The third kappa shape index (κ3) is 3.86. The molecular formula is C21H29ClN2O2. The van der Waals surface area contributed by atoms with Crippen LogP contribution in [0.15, 0.2) is 18.2 Å². The summed E-state index contributed by atoms with van der Waals surface area (Å²) in [6.45, 7) is 4.32. The van der Waals surface area contributed by atoms with Gasteiger partial charge in [-0.05, 0) is 55.2 Å². The maximum Gasteiger partial charge on any atom is 0.222 e. The molecule has 1 aromatic carbocycles. The topological polar surface area (TPSA) is 32.8 Å². The van der Waals surface area contributed by atoms with E-state index in [4.69, 9.17) is 16.3 Å². The molecule has 1 heterocycles. The lowest BCUT2D eigenvalue weighted by Crippen LogP contribution is -2.48. The molecule has 142 valence electrons. The van der Waals surface area contributed by atoms with Crippen molar-refractivity contribution < 1.29 is 9.53 Å². The van der Waals surface area contributed by atoms with E-state index in [-0.39, 0.29) is 0 Å². The maximum absolute atomic E-state index is 12.7. The predicted molar refractivity (Wildman–Crippen MR) is 103 cm³/mol. The predicted octanol–water partition coefficient (Wildman–Crippen LogP) is 3.82. The van der Waals surface area contributed by atoms with E-state index in [2.05, 4.69) is 9.80 Å². The summed E-state index contributed by atoms with van der Waals surface area (Å²) in [6, 6.07) is 5.76. The first-order valence-electron chi connectivity index (χ1n) is 9.95. The number of hydrogen-bond acceptors (Lipinski definition) is 3. The number of rotatable bonds is 5. The van der Waals surface area contributed by atoms with Crippen LogP contribution in [0.5, 0.6) is 5.75 Å². The zero-order valence-electron chi connectivity index (χ0n) is 15.6. The zero-order chi connectivity index (χ0) is 18.1. The lowest BCUT2D eigenvalue weighted by Gasteiger charge is -2.36. The van der Waals surface area contributed by atoms with Crippen LogP contribution in [-0.2, 0) is 11.3 Å². The van der Waals surface area contributed by atoms with Crippen molar-refractivity contribution in [1.29, 1.82) is 0 Å². The molecule has 1 saturated heterocycles. The SMILES string of the molecule is COc1ccc(Cl)cc1CN1CCN(C(=O)CC2CC3CCC2C3)CC1. The van der Waals surface area contributed by atoms with Crippen molar-refractivity contribution in [2.24, 2.45) is 17.8 Å². The van der Waals surface area contributed by atoms with Gasteiger partial charge in [-0.3, -0.25) is 9.69 Å². The Bertz CT molecular complexity index is 657. The summed E-state index contributed by atoms with van der Waals surface area (Å²) in [5.74, 6) is 3.67. The summed E-state index contributed by atoms with van der Waals surface area (Å²) in [6.07, 6.45) is 6.22. The Hall–Kier alpha value is -1.26. The lowest BCUT2D eigenvalue weighted by atomic mass is 9.86. The second-order valence-corrected chi connectivity index (χ2v) is 8.69. The van der Waals surface area contributed by atoms with Crippen molar-refractivity contribution in [3.63, 3.8) is 0 Å². The van der Waals surface area contributed by atoms with E-state index in [0.717, 1.165) is 67.3 Å². The van der Waals surface area contributed by atoms with Crippen molar-refractivity contribution in [2.45, 2.75) is 38.6 Å². The van der Waals surface area contributed by atoms with E-state index in [1.54, 1.807) is 7.11 Å². The van der Waals surface area contributed by atoms with E-state index in [0.29, 0.717) is 11.8 Å². The van der Waals surface area contributed by atoms with Gasteiger partial charge in [-0.2, -0.15) is 0 Å². The van der Waals surface area contributed by atoms with E-state index in [1.807, 2.05) is 18.2 Å². The Balaban J connectivity index is 1.27. The summed E-state index contributed by atoms with van der Waals surface area (Å²) in [5, 5.41) is 0.737. The van der Waals surface area contributed by atoms with E-state index in [1.165, 1.54) is 25.7 Å². The van der Waals surface area contributed by atoms with Crippen LogP contribution in [-0.4, -0.2) is 49.0 Å². The summed E-state index contributed by atoms with van der Waals surface area (Å²) >= 11 is 6.14. The van der Waals surface area contributed by atoms with Gasteiger partial charge in [0.15, 0.2) is 0 Å². The molecule has 3 fully saturated rings. The van der Waals surface area contributed by atoms with Crippen LogP contribution in [0.3, 0.4) is 0 Å². The molecule has 1 aliphatic heterocycles. The number of piperazine rings is 1. The Morgan fingerprint density at radius 3 is 2.65 bits per heavy atom. The van der Waals surface area contributed by atoms with Gasteiger partial charge >= 0.3 is 0 Å². The fourth-order valence-corrected chi connectivity index (χ4v) is 5.44. The Labute approximate surface area is 161 Å². The first-order chi connectivity index (χ1) is 12.6. The molecule has 2 bridgehead atoms. The number of carbonyl (C=O) groups excluding carboxylic acids is 1. The van der Waals surface area contributed by atoms with E-state index >= 15 is 0 Å². The van der Waals surface area contributed by atoms with Gasteiger partial charge in [-0.1, -0.05) is 18.0 Å². The number of ether oxygens (including phenoxy) is 1. The molecule has 1 amide bonds. The van der Waals surface area contributed by atoms with Crippen molar-refractivity contribution >= 4 is 17.5 Å². The number of halogens is 1. The molecule has 3 aliphatic rings. The van der Waals surface area contributed by atoms with Crippen LogP contribution in [0.25, 0.3) is 0 Å². The molecule has 4 rings (SSSR count). The molecule has 3 atom stereocenters. The van der Waals surface area contributed by atoms with Gasteiger partial charge in [-0.25, -0.2) is 0 Å². The van der Waals surface area contributed by atoms with E-state index < -0.39 is 0 Å². The minimum absolute atomic E-state index is 0.377. The molecule has 0 radical (unpaired) electrons. The van der Waals surface area contributed by atoms with Gasteiger partial charge in [-0.15, -0.1) is 0 Å². The number of nitrogens with zero attached hydrogens (tertiary/aromatic N) is 2. The Morgan fingerprint density at radius 1 is 1.19 bits per heavy atom. The van der Waals surface area contributed by atoms with Crippen LogP contribution in [0.2, 0.25) is 5.02 Å². The average molecular weight is 377 g/mol. The highest BCUT2D eigenvalue weighted by Crippen LogP contribution is 2.49. The average Bonchev–Trinajstić information content (AvgIpc) is 3.25. The van der Waals surface area contributed by atoms with Crippen LogP contribution in [0.1, 0.15) is 37.7 Å². The monoisotopic (exact) mass is 376 g/mol. The highest BCUT2D eigenvalue weighted by atomic mass is 35.5. The molecular weight excluding hydrogens is 348 g/mol. The highest BCUT2D eigenvalue weighted by Gasteiger charge is 2.40. The number of carbonyl (C=O) groups is 1. The zero-order valence-corrected chi connectivity index (χ0v) is 16.4. The number of hydrogen-bond donors (Lipinski definition) is 0. The minimum atomic E-state index is 0.377. The van der Waals surface area contributed by atoms with Crippen LogP contribution < -0.4 is 4.74 Å². The normalized spacial score (nSPS) is 28.5. The summed E-state index contributed by atoms with van der Waals surface area (Å²) < 4.78 is 5.45. The van der Waals surface area contributed by atoms with Gasteiger partial charge in [0.1, 0.15) is 5.75 Å². The molecule has 0 N–H and O–H groups in total. The number of methoxy groups -OCH3 is 1. The molecule has 2 aliphatic carbocycles. The summed E-state index contributed by atoms with van der Waals surface area (Å²) in [7, 11) is 1.69. The molecule has 3 unspecified atom stereocenters. The van der Waals surface area contributed by atoms with Crippen molar-refractivity contribution in [3.05, 3.63) is 28.8 Å². The van der Waals surface area contributed by atoms with Gasteiger partial charge < -0.3 is 9.64 Å². The summed E-state index contributed by atoms with van der Waals surface area (Å²) in [4.78, 5) is 17.2. The smallest absolute Gasteiger partial charge is 0.222 e. The third-order valence-corrected chi connectivity index (χ3v) is 6.92. The quantitative estimate of drug-likeness (QED) is 0.783. The molecule has 26 heavy (non-hydrogen) atoms. The van der Waals surface area contributed by atoms with Crippen molar-refractivity contribution in [2.75, 3.05) is 33.3 Å². The number of fused-ring (bicyclic) bond motifs is 2. The van der Waals surface area contributed by atoms with Crippen LogP contribution >= 0.6 is 11.6 Å². The Morgan fingerprint density at radius 2 is 2.00 bits per heavy atom. The van der Waals surface area contributed by atoms with Gasteiger partial charge in [0.25, 0.3) is 0 Å². The van der Waals surface area contributed by atoms with Crippen LogP contribution in [0, 0.1) is 17.8 Å². The maximum atomic E-state index is 12.7. The first-order valence-corrected chi connectivity index (χ1v) is 10.3. The first kappa shape index (κ1) is 18.1. The van der Waals surface area contributed by atoms with E-state index in [9.17, 15) is 4.79 Å². The fourth-order valence-electron chi connectivity index (χ4n) is 5.25. The van der Waals surface area contributed by atoms with Crippen molar-refractivity contribution in [1.82, 2.24) is 9.80 Å². The largest absolute Gasteiger partial charge is 0.496 e. The van der Waals surface area contributed by atoms with Crippen molar-refractivity contribution in [3.8, 4) is 5.75 Å². The van der Waals surface area contributed by atoms with Gasteiger partial charge in [0.05, 0.1) is 7.11 Å². The lowest BCUT2D eigenvalue weighted by molar-refractivity contribution is -0.134. The molecule has 4 nitrogen and oxygen atoms in total. The fraction of sp³-hybridized carbons (Fsp3) is 0.667. The molecule has 2 saturated carbocycles. The number of amides is 1. The van der Waals surface area contributed by atoms with Crippen LogP contribution in [0.4, 0.5) is 0 Å². The third-order valence-electron chi connectivity index (χ3n) is 6.68. The summed E-state index contributed by atoms with van der Waals surface area (Å²) in [5.41, 5.74) is 1.11. The second-order valence-electron chi connectivity index (χ2n) is 8.25. The number of benzene rings is 1. The highest BCUT2D eigenvalue weighted by molar-refractivity contribution is 6.30. The molecule has 1 aromatic rings. The van der Waals surface area contributed by atoms with Gasteiger partial charge in [0, 0.05) is 49.7 Å². The molecule has 0 aromatic heterocycles. The van der Waals surface area contributed by atoms with Gasteiger partial charge in [0.2, 0.25) is 5.91 Å².